The molecule has 0 aliphatic carbocycles. The lowest BCUT2D eigenvalue weighted by atomic mass is 10.1. The summed E-state index contributed by atoms with van der Waals surface area (Å²) in [5, 5.41) is 0.848. The van der Waals surface area contributed by atoms with Crippen LogP contribution in [0.5, 0.6) is 0 Å². The van der Waals surface area contributed by atoms with Gasteiger partial charge in [-0.25, -0.2) is 0 Å². The summed E-state index contributed by atoms with van der Waals surface area (Å²) in [6.45, 7) is 8.14. The SMILES string of the molecule is CC(C)N1CCN(C(=O)[C@@H]2CCCN2C(=O)c2cc(Cl)cc(Cl)c2)CC1. The molecule has 1 aromatic rings. The van der Waals surface area contributed by atoms with Gasteiger partial charge in [0.05, 0.1) is 0 Å². The fraction of sp³-hybridized carbons (Fsp3) is 0.579. The molecule has 3 rings (SSSR count). The minimum Gasteiger partial charge on any atom is -0.338 e. The molecule has 142 valence electrons. The van der Waals surface area contributed by atoms with Crippen LogP contribution in [0.2, 0.25) is 10.0 Å². The van der Waals surface area contributed by atoms with Gasteiger partial charge in [-0.15, -0.1) is 0 Å². The third kappa shape index (κ3) is 4.16. The van der Waals surface area contributed by atoms with Crippen LogP contribution in [0.25, 0.3) is 0 Å². The highest BCUT2D eigenvalue weighted by molar-refractivity contribution is 6.35. The molecule has 2 aliphatic heterocycles. The molecular formula is C19H25Cl2N3O2. The maximum Gasteiger partial charge on any atom is 0.254 e. The number of nitrogens with zero attached hydrogens (tertiary/aromatic N) is 3. The van der Waals surface area contributed by atoms with Gasteiger partial charge in [-0.2, -0.15) is 0 Å². The highest BCUT2D eigenvalue weighted by Crippen LogP contribution is 2.25. The standard InChI is InChI=1S/C19H25Cl2N3O2/c1-13(2)22-6-8-23(9-7-22)19(26)17-4-3-5-24(17)18(25)14-10-15(20)12-16(21)11-14/h10-13,17H,3-9H2,1-2H3/t17-/m0/s1. The number of piperazine rings is 1. The molecule has 2 aliphatic rings. The number of benzene rings is 1. The zero-order chi connectivity index (χ0) is 18.8. The number of likely N-dealkylation sites (tertiary alicyclic amines) is 1. The number of halogens is 2. The van der Waals surface area contributed by atoms with Crippen LogP contribution in [0.4, 0.5) is 0 Å². The van der Waals surface area contributed by atoms with Gasteiger partial charge >= 0.3 is 0 Å². The molecule has 0 saturated carbocycles. The minimum atomic E-state index is -0.383. The largest absolute Gasteiger partial charge is 0.338 e. The van der Waals surface area contributed by atoms with Crippen LogP contribution in [-0.4, -0.2) is 71.3 Å². The average molecular weight is 398 g/mol. The molecule has 2 heterocycles. The lowest BCUT2D eigenvalue weighted by molar-refractivity contribution is -0.137. The van der Waals surface area contributed by atoms with Crippen molar-refractivity contribution in [2.24, 2.45) is 0 Å². The second-order valence-corrected chi connectivity index (χ2v) is 8.14. The van der Waals surface area contributed by atoms with E-state index in [2.05, 4.69) is 18.7 Å². The van der Waals surface area contributed by atoms with Gasteiger partial charge in [-0.05, 0) is 44.9 Å². The number of rotatable bonds is 3. The number of hydrogen-bond donors (Lipinski definition) is 0. The molecule has 26 heavy (non-hydrogen) atoms. The third-order valence-corrected chi connectivity index (χ3v) is 5.70. The van der Waals surface area contributed by atoms with Crippen molar-refractivity contribution in [3.8, 4) is 0 Å². The molecule has 2 amide bonds. The first kappa shape index (κ1) is 19.5. The van der Waals surface area contributed by atoms with Crippen LogP contribution < -0.4 is 0 Å². The summed E-state index contributed by atoms with van der Waals surface area (Å²) in [6, 6.07) is 4.92. The number of hydrogen-bond acceptors (Lipinski definition) is 3. The van der Waals surface area contributed by atoms with Gasteiger partial charge in [0.25, 0.3) is 5.91 Å². The second-order valence-electron chi connectivity index (χ2n) is 7.27. The van der Waals surface area contributed by atoms with Crippen LogP contribution in [-0.2, 0) is 4.79 Å². The third-order valence-electron chi connectivity index (χ3n) is 5.26. The van der Waals surface area contributed by atoms with Gasteiger partial charge in [0.15, 0.2) is 0 Å². The number of amides is 2. The molecule has 1 atom stereocenters. The van der Waals surface area contributed by atoms with Gasteiger partial charge in [0, 0.05) is 54.4 Å². The maximum absolute atomic E-state index is 13.0. The Morgan fingerprint density at radius 1 is 1.00 bits per heavy atom. The van der Waals surface area contributed by atoms with Crippen LogP contribution in [0.3, 0.4) is 0 Å². The summed E-state index contributed by atoms with van der Waals surface area (Å²) in [5.41, 5.74) is 0.437. The molecule has 0 N–H and O–H groups in total. The molecule has 0 spiro atoms. The molecule has 2 saturated heterocycles. The zero-order valence-corrected chi connectivity index (χ0v) is 16.8. The summed E-state index contributed by atoms with van der Waals surface area (Å²) in [7, 11) is 0. The number of carbonyl (C=O) groups excluding carboxylic acids is 2. The van der Waals surface area contributed by atoms with E-state index in [9.17, 15) is 9.59 Å². The van der Waals surface area contributed by atoms with Gasteiger partial charge in [-0.1, -0.05) is 23.2 Å². The van der Waals surface area contributed by atoms with Crippen molar-refractivity contribution in [2.45, 2.75) is 38.8 Å². The van der Waals surface area contributed by atoms with Gasteiger partial charge < -0.3 is 9.80 Å². The Morgan fingerprint density at radius 3 is 2.19 bits per heavy atom. The minimum absolute atomic E-state index is 0.0624. The van der Waals surface area contributed by atoms with E-state index >= 15 is 0 Å². The highest BCUT2D eigenvalue weighted by atomic mass is 35.5. The monoisotopic (exact) mass is 397 g/mol. The Kier molecular flexibility index (Phi) is 6.10. The van der Waals surface area contributed by atoms with Crippen LogP contribution in [0.15, 0.2) is 18.2 Å². The van der Waals surface area contributed by atoms with Gasteiger partial charge in [-0.3, -0.25) is 14.5 Å². The van der Waals surface area contributed by atoms with Crippen molar-refractivity contribution < 1.29 is 9.59 Å². The van der Waals surface area contributed by atoms with Crippen molar-refractivity contribution in [1.82, 2.24) is 14.7 Å². The van der Waals surface area contributed by atoms with Crippen LogP contribution in [0, 0.1) is 0 Å². The average Bonchev–Trinajstić information content (AvgIpc) is 3.09. The van der Waals surface area contributed by atoms with E-state index in [0.717, 1.165) is 32.6 Å². The molecule has 0 bridgehead atoms. The Bertz CT molecular complexity index is 667. The van der Waals surface area contributed by atoms with E-state index in [1.807, 2.05) is 4.90 Å². The van der Waals surface area contributed by atoms with Crippen molar-refractivity contribution in [1.29, 1.82) is 0 Å². The lowest BCUT2D eigenvalue weighted by Crippen LogP contribution is -2.55. The molecule has 7 heteroatoms. The molecule has 5 nitrogen and oxygen atoms in total. The first-order valence-electron chi connectivity index (χ1n) is 9.16. The maximum atomic E-state index is 13.0. The quantitative estimate of drug-likeness (QED) is 0.786. The summed E-state index contributed by atoms with van der Waals surface area (Å²) < 4.78 is 0. The Labute approximate surface area is 164 Å². The zero-order valence-electron chi connectivity index (χ0n) is 15.3. The van der Waals surface area contributed by atoms with Crippen molar-refractivity contribution in [3.05, 3.63) is 33.8 Å². The first-order valence-corrected chi connectivity index (χ1v) is 9.92. The van der Waals surface area contributed by atoms with E-state index in [-0.39, 0.29) is 17.9 Å². The summed E-state index contributed by atoms with van der Waals surface area (Å²) in [4.78, 5) is 31.9. The molecule has 1 aromatic carbocycles. The summed E-state index contributed by atoms with van der Waals surface area (Å²) in [6.07, 6.45) is 1.55. The van der Waals surface area contributed by atoms with Crippen LogP contribution >= 0.6 is 23.2 Å². The second kappa shape index (κ2) is 8.15. The smallest absolute Gasteiger partial charge is 0.254 e. The molecular weight excluding hydrogens is 373 g/mol. The predicted molar refractivity (Wildman–Crippen MR) is 104 cm³/mol. The fourth-order valence-electron chi connectivity index (χ4n) is 3.78. The predicted octanol–water partition coefficient (Wildman–Crippen LogP) is 3.15. The van der Waals surface area contributed by atoms with E-state index in [1.54, 1.807) is 23.1 Å². The van der Waals surface area contributed by atoms with Crippen molar-refractivity contribution >= 4 is 35.0 Å². The normalized spacial score (nSPS) is 21.5. The van der Waals surface area contributed by atoms with Gasteiger partial charge in [0.2, 0.25) is 5.91 Å². The lowest BCUT2D eigenvalue weighted by Gasteiger charge is -2.39. The molecule has 0 unspecified atom stereocenters. The van der Waals surface area contributed by atoms with Crippen molar-refractivity contribution in [3.63, 3.8) is 0 Å². The molecule has 0 aromatic heterocycles. The van der Waals surface area contributed by atoms with Gasteiger partial charge in [0.1, 0.15) is 6.04 Å². The molecule has 0 radical (unpaired) electrons. The van der Waals surface area contributed by atoms with Crippen LogP contribution in [0.1, 0.15) is 37.0 Å². The highest BCUT2D eigenvalue weighted by Gasteiger charge is 2.37. The molecule has 2 fully saturated rings. The summed E-state index contributed by atoms with van der Waals surface area (Å²) in [5.74, 6) is -0.113. The Hall–Kier alpha value is -1.30. The van der Waals surface area contributed by atoms with E-state index in [0.29, 0.717) is 34.6 Å². The van der Waals surface area contributed by atoms with E-state index < -0.39 is 0 Å². The Morgan fingerprint density at radius 2 is 1.62 bits per heavy atom. The topological polar surface area (TPSA) is 43.9 Å². The fourth-order valence-corrected chi connectivity index (χ4v) is 4.31. The number of carbonyl (C=O) groups is 2. The van der Waals surface area contributed by atoms with Crippen molar-refractivity contribution in [2.75, 3.05) is 32.7 Å². The van der Waals surface area contributed by atoms with E-state index in [1.165, 1.54) is 0 Å². The first-order chi connectivity index (χ1) is 12.4. The van der Waals surface area contributed by atoms with E-state index in [4.69, 9.17) is 23.2 Å². The summed E-state index contributed by atoms with van der Waals surface area (Å²) >= 11 is 12.1. The Balaban J connectivity index is 1.70.